The fourth-order valence-electron chi connectivity index (χ4n) is 4.15. The van der Waals surface area contributed by atoms with Crippen LogP contribution in [0.25, 0.3) is 11.4 Å². The molecule has 1 saturated heterocycles. The molecule has 0 radical (unpaired) electrons. The van der Waals surface area contributed by atoms with Gasteiger partial charge in [0.25, 0.3) is 0 Å². The van der Waals surface area contributed by atoms with Crippen LogP contribution in [0.5, 0.6) is 0 Å². The van der Waals surface area contributed by atoms with Gasteiger partial charge in [-0.2, -0.15) is 4.80 Å². The van der Waals surface area contributed by atoms with Gasteiger partial charge in [0, 0.05) is 29.3 Å². The number of aromatic nitrogens is 4. The number of nitrogens with zero attached hydrogens (tertiary/aromatic N) is 5. The van der Waals surface area contributed by atoms with Gasteiger partial charge < -0.3 is 15.0 Å². The van der Waals surface area contributed by atoms with Crippen LogP contribution in [0.3, 0.4) is 0 Å². The van der Waals surface area contributed by atoms with E-state index in [1.165, 1.54) is 34.0 Å². The third-order valence-corrected chi connectivity index (χ3v) is 6.07. The summed E-state index contributed by atoms with van der Waals surface area (Å²) in [4.78, 5) is 30.0. The summed E-state index contributed by atoms with van der Waals surface area (Å²) in [5.41, 5.74) is 0.675. The Kier molecular flexibility index (Phi) is 8.19. The lowest BCUT2D eigenvalue weighted by Crippen LogP contribution is -2.51. The zero-order valence-electron chi connectivity index (χ0n) is 21.0. The second kappa shape index (κ2) is 11.4. The zero-order chi connectivity index (χ0) is 26.6. The van der Waals surface area contributed by atoms with Crippen LogP contribution in [-0.2, 0) is 20.9 Å². The SMILES string of the molecule is CC(C)(C)NC(=O)[C@H](c1ccc(Cl)cc1)N(C[C@@H]1CCCO1)C(=O)Cn1nnc(-c2ccc(F)cc2)n1. The number of carbonyl (C=O) groups excluding carboxylic acids is 2. The van der Waals surface area contributed by atoms with E-state index in [4.69, 9.17) is 16.3 Å². The summed E-state index contributed by atoms with van der Waals surface area (Å²) in [6, 6.07) is 11.6. The van der Waals surface area contributed by atoms with Gasteiger partial charge in [0.15, 0.2) is 0 Å². The van der Waals surface area contributed by atoms with Crippen LogP contribution >= 0.6 is 11.6 Å². The Morgan fingerprint density at radius 3 is 2.51 bits per heavy atom. The highest BCUT2D eigenvalue weighted by atomic mass is 35.5. The number of rotatable bonds is 8. The molecule has 2 aromatic carbocycles. The summed E-state index contributed by atoms with van der Waals surface area (Å²) in [5, 5.41) is 15.8. The van der Waals surface area contributed by atoms with Crippen LogP contribution in [0.2, 0.25) is 5.02 Å². The lowest BCUT2D eigenvalue weighted by atomic mass is 10.0. The molecule has 0 unspecified atom stereocenters. The Morgan fingerprint density at radius 1 is 1.19 bits per heavy atom. The average Bonchev–Trinajstić information content (AvgIpc) is 3.51. The summed E-state index contributed by atoms with van der Waals surface area (Å²) >= 11 is 6.10. The van der Waals surface area contributed by atoms with Crippen LogP contribution in [0.4, 0.5) is 4.39 Å². The van der Waals surface area contributed by atoms with Gasteiger partial charge in [-0.3, -0.25) is 9.59 Å². The first kappa shape index (κ1) is 26.7. The first-order valence-corrected chi connectivity index (χ1v) is 12.5. The average molecular weight is 529 g/mol. The number of benzene rings is 2. The number of amides is 2. The smallest absolute Gasteiger partial charge is 0.247 e. The molecular formula is C26H30ClFN6O3. The van der Waals surface area contributed by atoms with Crippen molar-refractivity contribution in [1.82, 2.24) is 30.4 Å². The van der Waals surface area contributed by atoms with Crippen LogP contribution in [0.15, 0.2) is 48.5 Å². The largest absolute Gasteiger partial charge is 0.376 e. The minimum absolute atomic E-state index is 0.195. The maximum Gasteiger partial charge on any atom is 0.247 e. The predicted octanol–water partition coefficient (Wildman–Crippen LogP) is 3.80. The molecule has 1 aliphatic rings. The molecule has 0 saturated carbocycles. The minimum Gasteiger partial charge on any atom is -0.376 e. The number of ether oxygens (including phenoxy) is 1. The van der Waals surface area contributed by atoms with E-state index in [1.807, 2.05) is 20.8 Å². The quantitative estimate of drug-likeness (QED) is 0.477. The standard InChI is InChI=1S/C26H30ClFN6O3/c1-26(2,3)29-25(36)23(17-6-10-19(27)11-7-17)33(15-21-5-4-14-37-21)22(35)16-34-31-24(30-32-34)18-8-12-20(28)13-9-18/h6-13,21,23H,4-5,14-16H2,1-3H3,(H,29,36)/t21-,23-/m0/s1. The fourth-order valence-corrected chi connectivity index (χ4v) is 4.28. The Bertz CT molecular complexity index is 1220. The Labute approximate surface area is 219 Å². The van der Waals surface area contributed by atoms with E-state index in [9.17, 15) is 14.0 Å². The summed E-state index contributed by atoms with van der Waals surface area (Å²) in [5.74, 6) is -0.807. The molecule has 9 nitrogen and oxygen atoms in total. The number of halogens is 2. The Balaban J connectivity index is 1.64. The Morgan fingerprint density at radius 2 is 1.89 bits per heavy atom. The molecule has 37 heavy (non-hydrogen) atoms. The topological polar surface area (TPSA) is 102 Å². The molecule has 1 aliphatic heterocycles. The van der Waals surface area contributed by atoms with Crippen molar-refractivity contribution in [1.29, 1.82) is 0 Å². The fraction of sp³-hybridized carbons (Fsp3) is 0.423. The molecule has 2 atom stereocenters. The first-order chi connectivity index (χ1) is 17.6. The van der Waals surface area contributed by atoms with Crippen LogP contribution in [0, 0.1) is 5.82 Å². The minimum atomic E-state index is -0.923. The van der Waals surface area contributed by atoms with Gasteiger partial charge in [-0.25, -0.2) is 4.39 Å². The third kappa shape index (κ3) is 7.11. The van der Waals surface area contributed by atoms with Gasteiger partial charge in [-0.1, -0.05) is 23.7 Å². The number of nitrogens with one attached hydrogen (secondary N) is 1. The van der Waals surface area contributed by atoms with E-state index in [0.717, 1.165) is 12.8 Å². The third-order valence-electron chi connectivity index (χ3n) is 5.82. The van der Waals surface area contributed by atoms with Crippen LogP contribution in [-0.4, -0.2) is 61.7 Å². The molecule has 3 aromatic rings. The monoisotopic (exact) mass is 528 g/mol. The first-order valence-electron chi connectivity index (χ1n) is 12.1. The van der Waals surface area contributed by atoms with E-state index >= 15 is 0 Å². The van der Waals surface area contributed by atoms with Crippen molar-refractivity contribution in [3.8, 4) is 11.4 Å². The van der Waals surface area contributed by atoms with Gasteiger partial charge in [0.1, 0.15) is 18.4 Å². The van der Waals surface area contributed by atoms with Gasteiger partial charge in [-0.15, -0.1) is 10.2 Å². The molecule has 2 heterocycles. The van der Waals surface area contributed by atoms with Crippen molar-refractivity contribution >= 4 is 23.4 Å². The van der Waals surface area contributed by atoms with Crippen LogP contribution < -0.4 is 5.32 Å². The molecular weight excluding hydrogens is 499 g/mol. The number of hydrogen-bond donors (Lipinski definition) is 1. The molecule has 1 N–H and O–H groups in total. The van der Waals surface area contributed by atoms with Crippen LogP contribution in [0.1, 0.15) is 45.2 Å². The lowest BCUT2D eigenvalue weighted by Gasteiger charge is -2.35. The molecule has 1 fully saturated rings. The molecule has 196 valence electrons. The summed E-state index contributed by atoms with van der Waals surface area (Å²) in [7, 11) is 0. The van der Waals surface area contributed by atoms with Crippen molar-refractivity contribution < 1.29 is 18.7 Å². The predicted molar refractivity (Wildman–Crippen MR) is 136 cm³/mol. The molecule has 4 rings (SSSR count). The molecule has 0 aliphatic carbocycles. The van der Waals surface area contributed by atoms with Crippen molar-refractivity contribution in [2.45, 2.75) is 57.8 Å². The van der Waals surface area contributed by atoms with Crippen molar-refractivity contribution in [3.05, 3.63) is 64.9 Å². The van der Waals surface area contributed by atoms with Gasteiger partial charge in [-0.05, 0) is 80.8 Å². The van der Waals surface area contributed by atoms with E-state index in [1.54, 1.807) is 24.3 Å². The summed E-state index contributed by atoms with van der Waals surface area (Å²) in [6.07, 6.45) is 1.48. The zero-order valence-corrected chi connectivity index (χ0v) is 21.8. The number of tetrazole rings is 1. The maximum absolute atomic E-state index is 13.7. The van der Waals surface area contributed by atoms with Crippen molar-refractivity contribution in [2.24, 2.45) is 0 Å². The van der Waals surface area contributed by atoms with Gasteiger partial charge in [0.2, 0.25) is 17.6 Å². The van der Waals surface area contributed by atoms with Crippen molar-refractivity contribution in [3.63, 3.8) is 0 Å². The van der Waals surface area contributed by atoms with E-state index in [2.05, 4.69) is 20.7 Å². The normalized spacial score (nSPS) is 16.4. The van der Waals surface area contributed by atoms with Gasteiger partial charge >= 0.3 is 0 Å². The van der Waals surface area contributed by atoms with E-state index in [-0.39, 0.29) is 42.6 Å². The van der Waals surface area contributed by atoms with Gasteiger partial charge in [0.05, 0.1) is 6.10 Å². The molecule has 11 heteroatoms. The van der Waals surface area contributed by atoms with E-state index in [0.29, 0.717) is 22.8 Å². The van der Waals surface area contributed by atoms with E-state index < -0.39 is 11.6 Å². The highest BCUT2D eigenvalue weighted by molar-refractivity contribution is 6.30. The number of hydrogen-bond acceptors (Lipinski definition) is 6. The molecule has 0 spiro atoms. The molecule has 0 bridgehead atoms. The van der Waals surface area contributed by atoms with Crippen molar-refractivity contribution in [2.75, 3.05) is 13.2 Å². The second-order valence-corrected chi connectivity index (χ2v) is 10.5. The second-order valence-electron chi connectivity index (χ2n) is 10.0. The Hall–Kier alpha value is -3.37. The highest BCUT2D eigenvalue weighted by Gasteiger charge is 2.35. The molecule has 2 amide bonds. The highest BCUT2D eigenvalue weighted by Crippen LogP contribution is 2.27. The summed E-state index contributed by atoms with van der Waals surface area (Å²) in [6.45, 7) is 6.24. The molecule has 1 aromatic heterocycles. The maximum atomic E-state index is 13.7. The lowest BCUT2D eigenvalue weighted by molar-refractivity contribution is -0.144. The number of carbonyl (C=O) groups is 2. The summed E-state index contributed by atoms with van der Waals surface area (Å²) < 4.78 is 19.1.